The number of alkyl carbamates (subject to hydrolysis) is 1. The van der Waals surface area contributed by atoms with Crippen molar-refractivity contribution in [2.45, 2.75) is 64.3 Å². The molecule has 0 saturated heterocycles. The van der Waals surface area contributed by atoms with Crippen LogP contribution in [0.4, 0.5) is 4.79 Å². The Morgan fingerprint density at radius 1 is 0.975 bits per heavy atom. The van der Waals surface area contributed by atoms with E-state index in [1.165, 1.54) is 0 Å². The van der Waals surface area contributed by atoms with Gasteiger partial charge in [-0.3, -0.25) is 4.79 Å². The molecule has 5 N–H and O–H groups in total. The molecule has 0 bridgehead atoms. The zero-order valence-corrected chi connectivity index (χ0v) is 22.8. The second-order valence-electron chi connectivity index (χ2n) is 9.82. The average molecular weight is 557 g/mol. The number of hydrazine groups is 1. The number of aliphatic imine (C=N–C) groups is 1. The summed E-state index contributed by atoms with van der Waals surface area (Å²) >= 11 is 0. The third kappa shape index (κ3) is 12.7. The van der Waals surface area contributed by atoms with E-state index < -0.39 is 46.6 Å². The van der Waals surface area contributed by atoms with E-state index in [1.54, 1.807) is 26.2 Å². The minimum atomic E-state index is -1.10. The molecular weight excluding hydrogens is 520 g/mol. The van der Waals surface area contributed by atoms with Crippen molar-refractivity contribution in [3.8, 4) is 0 Å². The molecule has 0 aliphatic rings. The molecule has 0 saturated carbocycles. The molecule has 40 heavy (non-hydrogen) atoms. The predicted octanol–water partition coefficient (Wildman–Crippen LogP) is 2.23. The van der Waals surface area contributed by atoms with Gasteiger partial charge in [-0.1, -0.05) is 66.1 Å². The van der Waals surface area contributed by atoms with Crippen LogP contribution in [-0.2, 0) is 32.1 Å². The van der Waals surface area contributed by atoms with E-state index in [0.717, 1.165) is 11.1 Å². The van der Waals surface area contributed by atoms with Crippen LogP contribution in [0.5, 0.6) is 0 Å². The first-order valence-electron chi connectivity index (χ1n) is 12.7. The number of guanidine groups is 1. The van der Waals surface area contributed by atoms with Gasteiger partial charge in [0, 0.05) is 13.0 Å². The molecule has 0 radical (unpaired) electrons. The number of nitrogens with one attached hydrogen (secondary N) is 3. The van der Waals surface area contributed by atoms with Crippen molar-refractivity contribution in [1.29, 1.82) is 0 Å². The topological polar surface area (TPSA) is 187 Å². The minimum Gasteiger partial charge on any atom is -0.459 e. The van der Waals surface area contributed by atoms with Gasteiger partial charge in [0.05, 0.1) is 0 Å². The number of nitrogens with two attached hydrogens (primary N) is 1. The number of nitro groups is 1. The van der Waals surface area contributed by atoms with Gasteiger partial charge in [0.25, 0.3) is 5.96 Å². The molecule has 2 aromatic rings. The molecule has 0 heterocycles. The van der Waals surface area contributed by atoms with Crippen LogP contribution < -0.4 is 21.8 Å². The van der Waals surface area contributed by atoms with Crippen molar-refractivity contribution >= 4 is 23.9 Å². The maximum atomic E-state index is 13.3. The maximum Gasteiger partial charge on any atom is 0.408 e. The van der Waals surface area contributed by atoms with Crippen LogP contribution in [0.15, 0.2) is 65.7 Å². The largest absolute Gasteiger partial charge is 0.459 e. The smallest absolute Gasteiger partial charge is 0.408 e. The number of carbonyl (C=O) groups is 3. The van der Waals surface area contributed by atoms with E-state index in [4.69, 9.17) is 15.2 Å². The van der Waals surface area contributed by atoms with Crippen molar-refractivity contribution in [2.75, 3.05) is 6.54 Å². The van der Waals surface area contributed by atoms with Crippen LogP contribution in [0, 0.1) is 10.1 Å². The second-order valence-corrected chi connectivity index (χ2v) is 9.82. The molecule has 2 rings (SSSR count). The van der Waals surface area contributed by atoms with Crippen molar-refractivity contribution in [1.82, 2.24) is 16.1 Å². The Labute approximate surface area is 232 Å². The molecule has 13 nitrogen and oxygen atoms in total. The molecule has 0 aromatic heterocycles. The summed E-state index contributed by atoms with van der Waals surface area (Å²) in [5, 5.41) is 14.9. The Kier molecular flexibility index (Phi) is 12.4. The van der Waals surface area contributed by atoms with E-state index in [-0.39, 0.29) is 32.4 Å². The van der Waals surface area contributed by atoms with Crippen LogP contribution in [0.2, 0.25) is 0 Å². The number of amides is 2. The number of nitrogens with zero attached hydrogens (tertiary/aromatic N) is 2. The highest BCUT2D eigenvalue weighted by molar-refractivity contribution is 5.89. The van der Waals surface area contributed by atoms with Gasteiger partial charge >= 0.3 is 12.1 Å². The summed E-state index contributed by atoms with van der Waals surface area (Å²) in [6.45, 7) is 5.11. The quantitative estimate of drug-likeness (QED) is 0.0716. The van der Waals surface area contributed by atoms with Crippen molar-refractivity contribution in [2.24, 2.45) is 10.7 Å². The van der Waals surface area contributed by atoms with Crippen LogP contribution >= 0.6 is 0 Å². The number of benzene rings is 2. The molecule has 2 amide bonds. The molecule has 0 spiro atoms. The van der Waals surface area contributed by atoms with Crippen LogP contribution in [-0.4, -0.2) is 53.2 Å². The summed E-state index contributed by atoms with van der Waals surface area (Å²) in [6, 6.07) is 16.1. The summed E-state index contributed by atoms with van der Waals surface area (Å²) < 4.78 is 10.8. The monoisotopic (exact) mass is 556 g/mol. The summed E-state index contributed by atoms with van der Waals surface area (Å²) in [6.07, 6.45) is -0.350. The summed E-state index contributed by atoms with van der Waals surface area (Å²) in [4.78, 5) is 53.2. The van der Waals surface area contributed by atoms with Crippen LogP contribution in [0.1, 0.15) is 44.7 Å². The number of hydrogen-bond donors (Lipinski definition) is 4. The van der Waals surface area contributed by atoms with E-state index in [2.05, 4.69) is 15.6 Å². The van der Waals surface area contributed by atoms with Gasteiger partial charge in [-0.2, -0.15) is 0 Å². The number of ether oxygens (including phenoxy) is 2. The Hall–Kier alpha value is -4.68. The summed E-state index contributed by atoms with van der Waals surface area (Å²) in [5.74, 6) is -1.67. The normalized spacial score (nSPS) is 12.9. The average Bonchev–Trinajstić information content (AvgIpc) is 2.88. The van der Waals surface area contributed by atoms with E-state index >= 15 is 0 Å². The van der Waals surface area contributed by atoms with E-state index in [0.29, 0.717) is 0 Å². The van der Waals surface area contributed by atoms with Crippen molar-refractivity contribution < 1.29 is 28.9 Å². The molecule has 0 unspecified atom stereocenters. The molecule has 216 valence electrons. The molecule has 0 fully saturated rings. The fourth-order valence-electron chi connectivity index (χ4n) is 3.49. The number of rotatable bonds is 13. The zero-order valence-electron chi connectivity index (χ0n) is 22.8. The molecule has 2 atom stereocenters. The highest BCUT2D eigenvalue weighted by Gasteiger charge is 2.29. The summed E-state index contributed by atoms with van der Waals surface area (Å²) in [5.41, 5.74) is 7.92. The Morgan fingerprint density at radius 3 is 2.15 bits per heavy atom. The molecule has 2 aromatic carbocycles. The third-order valence-corrected chi connectivity index (χ3v) is 5.25. The van der Waals surface area contributed by atoms with Crippen molar-refractivity contribution in [3.05, 3.63) is 81.9 Å². The van der Waals surface area contributed by atoms with Crippen molar-refractivity contribution in [3.63, 3.8) is 0 Å². The lowest BCUT2D eigenvalue weighted by atomic mass is 10.0. The first-order valence-corrected chi connectivity index (χ1v) is 12.7. The zero-order chi connectivity index (χ0) is 29.5. The lowest BCUT2D eigenvalue weighted by molar-refractivity contribution is -0.525. The van der Waals surface area contributed by atoms with Gasteiger partial charge in [0.1, 0.15) is 24.3 Å². The number of carbonyl (C=O) groups excluding carboxylic acids is 3. The highest BCUT2D eigenvalue weighted by Crippen LogP contribution is 2.11. The van der Waals surface area contributed by atoms with Gasteiger partial charge < -0.3 is 25.8 Å². The van der Waals surface area contributed by atoms with E-state index in [1.807, 2.05) is 60.7 Å². The predicted molar refractivity (Wildman–Crippen MR) is 147 cm³/mol. The van der Waals surface area contributed by atoms with E-state index in [9.17, 15) is 24.5 Å². The highest BCUT2D eigenvalue weighted by atomic mass is 16.7. The maximum absolute atomic E-state index is 13.3. The Balaban J connectivity index is 2.15. The SMILES string of the molecule is CC(C)(C)OC(=O)N[C@@H](CCCN=C(N)N[N+](=O)[O-])C(=O)N[C@@H](Cc1ccccc1)C(=O)OCc1ccccc1. The van der Waals surface area contributed by atoms with Crippen LogP contribution in [0.25, 0.3) is 0 Å². The number of esters is 1. The number of hydrogen-bond acceptors (Lipinski definition) is 8. The fraction of sp³-hybridized carbons (Fsp3) is 0.407. The second kappa shape index (κ2) is 15.7. The van der Waals surface area contributed by atoms with Gasteiger partial charge in [-0.25, -0.2) is 24.7 Å². The Bertz CT molecular complexity index is 1150. The molecule has 0 aliphatic heterocycles. The van der Waals surface area contributed by atoms with Crippen LogP contribution in [0.3, 0.4) is 0 Å². The fourth-order valence-corrected chi connectivity index (χ4v) is 3.49. The first-order chi connectivity index (χ1) is 18.9. The van der Waals surface area contributed by atoms with Gasteiger partial charge in [-0.05, 0) is 44.7 Å². The van der Waals surface area contributed by atoms with Gasteiger partial charge in [0.15, 0.2) is 5.03 Å². The first kappa shape index (κ1) is 31.5. The van der Waals surface area contributed by atoms with Gasteiger partial charge in [0.2, 0.25) is 5.91 Å². The molecule has 13 heteroatoms. The molecular formula is C27H36N6O7. The molecule has 0 aliphatic carbocycles. The lowest BCUT2D eigenvalue weighted by Gasteiger charge is -2.25. The summed E-state index contributed by atoms with van der Waals surface area (Å²) in [7, 11) is 0. The lowest BCUT2D eigenvalue weighted by Crippen LogP contribution is -2.53. The standard InChI is InChI=1S/C27H36N6O7/c1-27(2,3)40-26(36)31-21(15-10-16-29-25(28)32-33(37)38)23(34)30-22(17-19-11-6-4-7-12-19)24(35)39-18-20-13-8-5-9-14-20/h4-9,11-14,21-22H,10,15-18H2,1-3H3,(H,30,34)(H,31,36)(H3,28,29,32)/t21-,22-/m0/s1. The minimum absolute atomic E-state index is 0.0258. The van der Waals surface area contributed by atoms with Gasteiger partial charge in [-0.15, -0.1) is 0 Å². The Morgan fingerprint density at radius 2 is 1.57 bits per heavy atom. The third-order valence-electron chi connectivity index (χ3n) is 5.25.